The van der Waals surface area contributed by atoms with Crippen molar-refractivity contribution in [3.63, 3.8) is 0 Å². The van der Waals surface area contributed by atoms with E-state index in [2.05, 4.69) is 5.32 Å². The summed E-state index contributed by atoms with van der Waals surface area (Å²) in [5.41, 5.74) is 6.36. The minimum Gasteiger partial charge on any atom is -0.496 e. The van der Waals surface area contributed by atoms with Gasteiger partial charge in [-0.15, -0.1) is 0 Å². The van der Waals surface area contributed by atoms with Crippen LogP contribution < -0.4 is 15.8 Å². The molecule has 5 nitrogen and oxygen atoms in total. The highest BCUT2D eigenvalue weighted by atomic mass is 16.5. The lowest BCUT2D eigenvalue weighted by atomic mass is 10.1. The molecule has 0 unspecified atom stereocenters. The highest BCUT2D eigenvalue weighted by molar-refractivity contribution is 5.91. The Morgan fingerprint density at radius 2 is 2.10 bits per heavy atom. The Labute approximate surface area is 117 Å². The van der Waals surface area contributed by atoms with Gasteiger partial charge in [-0.1, -0.05) is 18.2 Å². The summed E-state index contributed by atoms with van der Waals surface area (Å²) < 4.78 is 10.6. The number of hydrogen-bond donors (Lipinski definition) is 2. The standard InChI is InChI=1S/C15H18N2O3/c1-10(12-5-3-4-6-13(12)19-2)17-15(18)14-8-7-11(9-16)20-14/h3-8,10H,9,16H2,1-2H3,(H,17,18)/t10-/m0/s1. The third-order valence-electron chi connectivity index (χ3n) is 3.04. The molecule has 3 N–H and O–H groups in total. The zero-order chi connectivity index (χ0) is 14.5. The molecule has 2 aromatic rings. The van der Waals surface area contributed by atoms with E-state index in [4.69, 9.17) is 14.9 Å². The van der Waals surface area contributed by atoms with Crippen LogP contribution in [0.3, 0.4) is 0 Å². The third kappa shape index (κ3) is 3.00. The van der Waals surface area contributed by atoms with Crippen molar-refractivity contribution in [1.82, 2.24) is 5.32 Å². The molecule has 0 saturated carbocycles. The number of hydrogen-bond acceptors (Lipinski definition) is 4. The van der Waals surface area contributed by atoms with E-state index >= 15 is 0 Å². The molecule has 20 heavy (non-hydrogen) atoms. The maximum absolute atomic E-state index is 12.1. The first kappa shape index (κ1) is 14.1. The van der Waals surface area contributed by atoms with Crippen molar-refractivity contribution in [1.29, 1.82) is 0 Å². The van der Waals surface area contributed by atoms with Crippen LogP contribution in [0.5, 0.6) is 5.75 Å². The SMILES string of the molecule is COc1ccccc1[C@H](C)NC(=O)c1ccc(CN)o1. The molecule has 1 aromatic carbocycles. The van der Waals surface area contributed by atoms with Crippen LogP contribution in [0.2, 0.25) is 0 Å². The first-order chi connectivity index (χ1) is 9.65. The van der Waals surface area contributed by atoms with Crippen molar-refractivity contribution in [2.75, 3.05) is 7.11 Å². The second-order valence-electron chi connectivity index (χ2n) is 4.41. The molecule has 2 rings (SSSR count). The predicted molar refractivity (Wildman–Crippen MR) is 75.5 cm³/mol. The number of rotatable bonds is 5. The Hall–Kier alpha value is -2.27. The van der Waals surface area contributed by atoms with E-state index in [0.717, 1.165) is 11.3 Å². The minimum atomic E-state index is -0.275. The summed E-state index contributed by atoms with van der Waals surface area (Å²) in [4.78, 5) is 12.1. The first-order valence-corrected chi connectivity index (χ1v) is 6.38. The molecule has 0 bridgehead atoms. The summed E-state index contributed by atoms with van der Waals surface area (Å²) in [6.45, 7) is 2.16. The van der Waals surface area contributed by atoms with Gasteiger partial charge in [0, 0.05) is 5.56 Å². The number of carbonyl (C=O) groups excluding carboxylic acids is 1. The highest BCUT2D eigenvalue weighted by Gasteiger charge is 2.17. The van der Waals surface area contributed by atoms with E-state index in [9.17, 15) is 4.79 Å². The average molecular weight is 274 g/mol. The summed E-state index contributed by atoms with van der Waals surface area (Å²) >= 11 is 0. The van der Waals surface area contributed by atoms with Crippen LogP contribution in [-0.4, -0.2) is 13.0 Å². The van der Waals surface area contributed by atoms with E-state index in [1.807, 2.05) is 31.2 Å². The van der Waals surface area contributed by atoms with E-state index < -0.39 is 0 Å². The molecule has 1 aromatic heterocycles. The molecule has 0 spiro atoms. The lowest BCUT2D eigenvalue weighted by molar-refractivity contribution is 0.0909. The Morgan fingerprint density at radius 3 is 2.75 bits per heavy atom. The topological polar surface area (TPSA) is 77.5 Å². The molecular weight excluding hydrogens is 256 g/mol. The molecule has 0 fully saturated rings. The number of ether oxygens (including phenoxy) is 1. The van der Waals surface area contributed by atoms with Gasteiger partial charge in [0.05, 0.1) is 19.7 Å². The summed E-state index contributed by atoms with van der Waals surface area (Å²) in [6, 6.07) is 10.7. The van der Waals surface area contributed by atoms with Gasteiger partial charge in [-0.2, -0.15) is 0 Å². The van der Waals surface area contributed by atoms with Gasteiger partial charge in [-0.25, -0.2) is 0 Å². The van der Waals surface area contributed by atoms with Crippen LogP contribution in [0.15, 0.2) is 40.8 Å². The summed E-state index contributed by atoms with van der Waals surface area (Å²) in [7, 11) is 1.60. The summed E-state index contributed by atoms with van der Waals surface area (Å²) in [5, 5.41) is 2.87. The van der Waals surface area contributed by atoms with Crippen LogP contribution in [0, 0.1) is 0 Å². The molecule has 0 saturated heterocycles. The zero-order valence-corrected chi connectivity index (χ0v) is 11.6. The molecule has 0 aliphatic heterocycles. The lowest BCUT2D eigenvalue weighted by Crippen LogP contribution is -2.26. The van der Waals surface area contributed by atoms with Crippen molar-refractivity contribution in [2.24, 2.45) is 5.73 Å². The molecule has 0 aliphatic carbocycles. The molecule has 0 radical (unpaired) electrons. The smallest absolute Gasteiger partial charge is 0.287 e. The quantitative estimate of drug-likeness (QED) is 0.876. The number of nitrogens with one attached hydrogen (secondary N) is 1. The van der Waals surface area contributed by atoms with Gasteiger partial charge >= 0.3 is 0 Å². The van der Waals surface area contributed by atoms with E-state index in [1.54, 1.807) is 19.2 Å². The van der Waals surface area contributed by atoms with E-state index in [-0.39, 0.29) is 24.3 Å². The Balaban J connectivity index is 2.10. The van der Waals surface area contributed by atoms with Crippen LogP contribution in [0.1, 0.15) is 34.8 Å². The second kappa shape index (κ2) is 6.25. The van der Waals surface area contributed by atoms with Crippen molar-refractivity contribution >= 4 is 5.91 Å². The van der Waals surface area contributed by atoms with Gasteiger partial charge in [-0.3, -0.25) is 4.79 Å². The van der Waals surface area contributed by atoms with Crippen LogP contribution in [0.4, 0.5) is 0 Å². The van der Waals surface area contributed by atoms with Gasteiger partial charge in [0.2, 0.25) is 0 Å². The maximum Gasteiger partial charge on any atom is 0.287 e. The van der Waals surface area contributed by atoms with Gasteiger partial charge in [0.25, 0.3) is 5.91 Å². The number of methoxy groups -OCH3 is 1. The van der Waals surface area contributed by atoms with Gasteiger partial charge in [0.1, 0.15) is 11.5 Å². The molecule has 1 heterocycles. The molecular formula is C15H18N2O3. The molecule has 1 atom stereocenters. The number of furan rings is 1. The molecule has 5 heteroatoms. The Kier molecular flexibility index (Phi) is 4.42. The fourth-order valence-electron chi connectivity index (χ4n) is 1.98. The largest absolute Gasteiger partial charge is 0.496 e. The maximum atomic E-state index is 12.1. The lowest BCUT2D eigenvalue weighted by Gasteiger charge is -2.16. The third-order valence-corrected chi connectivity index (χ3v) is 3.04. The average Bonchev–Trinajstić information content (AvgIpc) is 2.96. The number of para-hydroxylation sites is 1. The predicted octanol–water partition coefficient (Wildman–Crippen LogP) is 2.24. The minimum absolute atomic E-state index is 0.190. The molecule has 106 valence electrons. The van der Waals surface area contributed by atoms with Crippen LogP contribution >= 0.6 is 0 Å². The Bertz CT molecular complexity index is 592. The molecule has 1 amide bonds. The second-order valence-corrected chi connectivity index (χ2v) is 4.41. The van der Waals surface area contributed by atoms with Crippen LogP contribution in [0.25, 0.3) is 0 Å². The summed E-state index contributed by atoms with van der Waals surface area (Å²) in [5.74, 6) is 1.30. The van der Waals surface area contributed by atoms with Crippen molar-refractivity contribution in [3.05, 3.63) is 53.5 Å². The number of nitrogens with two attached hydrogens (primary N) is 1. The normalized spacial score (nSPS) is 11.9. The molecule has 0 aliphatic rings. The highest BCUT2D eigenvalue weighted by Crippen LogP contribution is 2.24. The van der Waals surface area contributed by atoms with Gasteiger partial charge in [-0.05, 0) is 25.1 Å². The van der Waals surface area contributed by atoms with Gasteiger partial charge < -0.3 is 20.2 Å². The number of carbonyl (C=O) groups is 1. The number of benzene rings is 1. The van der Waals surface area contributed by atoms with Gasteiger partial charge in [0.15, 0.2) is 5.76 Å². The van der Waals surface area contributed by atoms with E-state index in [0.29, 0.717) is 5.76 Å². The van der Waals surface area contributed by atoms with Crippen molar-refractivity contribution < 1.29 is 13.9 Å². The number of amides is 1. The van der Waals surface area contributed by atoms with Crippen molar-refractivity contribution in [2.45, 2.75) is 19.5 Å². The summed E-state index contributed by atoms with van der Waals surface area (Å²) in [6.07, 6.45) is 0. The van der Waals surface area contributed by atoms with Crippen molar-refractivity contribution in [3.8, 4) is 5.75 Å². The van der Waals surface area contributed by atoms with E-state index in [1.165, 1.54) is 0 Å². The van der Waals surface area contributed by atoms with Crippen LogP contribution in [-0.2, 0) is 6.54 Å². The monoisotopic (exact) mass is 274 g/mol. The fourth-order valence-corrected chi connectivity index (χ4v) is 1.98. The fraction of sp³-hybridized carbons (Fsp3) is 0.267. The Morgan fingerprint density at radius 1 is 1.35 bits per heavy atom. The zero-order valence-electron chi connectivity index (χ0n) is 11.6. The first-order valence-electron chi connectivity index (χ1n) is 6.38.